The minimum Gasteiger partial charge on any atom is -0.491 e. The van der Waals surface area contributed by atoms with Crippen LogP contribution in [-0.2, 0) is 29.1 Å². The predicted octanol–water partition coefficient (Wildman–Crippen LogP) is 5.54. The molecule has 5 heteroatoms. The highest BCUT2D eigenvalue weighted by atomic mass is 16.5. The summed E-state index contributed by atoms with van der Waals surface area (Å²) in [7, 11) is 0. The van der Waals surface area contributed by atoms with Gasteiger partial charge in [0.25, 0.3) is 0 Å². The lowest BCUT2D eigenvalue weighted by Gasteiger charge is -2.26. The summed E-state index contributed by atoms with van der Waals surface area (Å²) < 4.78 is 5.96. The summed E-state index contributed by atoms with van der Waals surface area (Å²) in [6.07, 6.45) is 1.20. The number of hydrogen-bond donors (Lipinski definition) is 0. The van der Waals surface area contributed by atoms with Crippen LogP contribution in [0.1, 0.15) is 42.5 Å². The molecule has 0 saturated carbocycles. The van der Waals surface area contributed by atoms with E-state index in [1.54, 1.807) is 0 Å². The lowest BCUT2D eigenvalue weighted by atomic mass is 10.1. The Morgan fingerprint density at radius 2 is 1.71 bits per heavy atom. The fraction of sp³-hybridized carbons (Fsp3) is 0.333. The van der Waals surface area contributed by atoms with Crippen molar-refractivity contribution in [3.63, 3.8) is 0 Å². The van der Waals surface area contributed by atoms with E-state index in [2.05, 4.69) is 18.2 Å². The zero-order chi connectivity index (χ0) is 24.8. The first-order chi connectivity index (χ1) is 16.9. The monoisotopic (exact) mass is 470 g/mol. The molecule has 0 N–H and O–H groups in total. The van der Waals surface area contributed by atoms with Crippen LogP contribution >= 0.6 is 0 Å². The van der Waals surface area contributed by atoms with Crippen LogP contribution in [0, 0.1) is 12.8 Å². The molecule has 2 amide bonds. The fourth-order valence-electron chi connectivity index (χ4n) is 4.33. The highest BCUT2D eigenvalue weighted by molar-refractivity contribution is 5.94. The van der Waals surface area contributed by atoms with Crippen molar-refractivity contribution < 1.29 is 14.3 Å². The zero-order valence-corrected chi connectivity index (χ0v) is 20.9. The summed E-state index contributed by atoms with van der Waals surface area (Å²) in [5.41, 5.74) is 5.21. The lowest BCUT2D eigenvalue weighted by molar-refractivity contribution is -0.131. The summed E-state index contributed by atoms with van der Waals surface area (Å²) in [6.45, 7) is 7.91. The van der Waals surface area contributed by atoms with Gasteiger partial charge in [-0.3, -0.25) is 9.59 Å². The smallest absolute Gasteiger partial charge is 0.229 e. The second kappa shape index (κ2) is 11.2. The highest BCUT2D eigenvalue weighted by Gasteiger charge is 2.22. The lowest BCUT2D eigenvalue weighted by Crippen LogP contribution is -2.34. The van der Waals surface area contributed by atoms with Gasteiger partial charge in [-0.2, -0.15) is 0 Å². The molecular formula is C30H34N2O3. The summed E-state index contributed by atoms with van der Waals surface area (Å²) >= 11 is 0. The molecule has 0 atom stereocenters. The SMILES string of the molecule is Cc1ccc(N(Cc2ccc3c(c2)CN(C(=O)CCc2ccccc2)CCO3)C(=O)C(C)C)cc1. The van der Waals surface area contributed by atoms with E-state index in [4.69, 9.17) is 4.74 Å². The molecule has 3 aromatic rings. The number of carbonyl (C=O) groups is 2. The van der Waals surface area contributed by atoms with E-state index in [1.165, 1.54) is 5.56 Å². The minimum atomic E-state index is -0.113. The maximum atomic E-state index is 13.1. The molecule has 0 unspecified atom stereocenters. The Morgan fingerprint density at radius 3 is 2.43 bits per heavy atom. The molecule has 0 fully saturated rings. The van der Waals surface area contributed by atoms with Crippen LogP contribution in [0.25, 0.3) is 0 Å². The Kier molecular flexibility index (Phi) is 7.86. The van der Waals surface area contributed by atoms with E-state index < -0.39 is 0 Å². The molecule has 3 aromatic carbocycles. The number of carbonyl (C=O) groups excluding carboxylic acids is 2. The third kappa shape index (κ3) is 6.30. The van der Waals surface area contributed by atoms with Crippen molar-refractivity contribution >= 4 is 17.5 Å². The number of benzene rings is 3. The van der Waals surface area contributed by atoms with Crippen molar-refractivity contribution in [3.8, 4) is 5.75 Å². The molecule has 0 bridgehead atoms. The number of rotatable bonds is 7. The van der Waals surface area contributed by atoms with Gasteiger partial charge < -0.3 is 14.5 Å². The maximum absolute atomic E-state index is 13.1. The van der Waals surface area contributed by atoms with Crippen molar-refractivity contribution in [2.24, 2.45) is 5.92 Å². The van der Waals surface area contributed by atoms with Crippen LogP contribution in [0.2, 0.25) is 0 Å². The van der Waals surface area contributed by atoms with Crippen molar-refractivity contribution in [2.45, 2.75) is 46.7 Å². The molecular weight excluding hydrogens is 436 g/mol. The Balaban J connectivity index is 1.50. The van der Waals surface area contributed by atoms with Gasteiger partial charge in [0.2, 0.25) is 11.8 Å². The van der Waals surface area contributed by atoms with Crippen LogP contribution in [-0.4, -0.2) is 29.9 Å². The molecule has 1 aliphatic heterocycles. The number of hydrogen-bond acceptors (Lipinski definition) is 3. The van der Waals surface area contributed by atoms with Gasteiger partial charge in [-0.25, -0.2) is 0 Å². The van der Waals surface area contributed by atoms with Gasteiger partial charge in [-0.15, -0.1) is 0 Å². The van der Waals surface area contributed by atoms with Crippen molar-refractivity contribution in [3.05, 3.63) is 95.1 Å². The van der Waals surface area contributed by atoms with Crippen LogP contribution < -0.4 is 9.64 Å². The Labute approximate surface area is 208 Å². The van der Waals surface area contributed by atoms with Crippen molar-refractivity contribution in [1.82, 2.24) is 4.90 Å². The zero-order valence-electron chi connectivity index (χ0n) is 20.9. The van der Waals surface area contributed by atoms with Gasteiger partial charge in [0.15, 0.2) is 0 Å². The number of anilines is 1. The Hall–Kier alpha value is -3.60. The van der Waals surface area contributed by atoms with Crippen molar-refractivity contribution in [2.75, 3.05) is 18.1 Å². The molecule has 182 valence electrons. The molecule has 5 nitrogen and oxygen atoms in total. The average molecular weight is 471 g/mol. The largest absolute Gasteiger partial charge is 0.491 e. The number of fused-ring (bicyclic) bond motifs is 1. The maximum Gasteiger partial charge on any atom is 0.229 e. The average Bonchev–Trinajstić information content (AvgIpc) is 3.09. The fourth-order valence-corrected chi connectivity index (χ4v) is 4.33. The van der Waals surface area contributed by atoms with Crippen LogP contribution in [0.3, 0.4) is 0 Å². The van der Waals surface area contributed by atoms with Gasteiger partial charge in [-0.1, -0.05) is 67.9 Å². The quantitative estimate of drug-likeness (QED) is 0.456. The van der Waals surface area contributed by atoms with Crippen molar-refractivity contribution in [1.29, 1.82) is 0 Å². The van der Waals surface area contributed by atoms with Crippen LogP contribution in [0.15, 0.2) is 72.8 Å². The normalized spacial score (nSPS) is 13.1. The van der Waals surface area contributed by atoms with Gasteiger partial charge in [0, 0.05) is 30.1 Å². The summed E-state index contributed by atoms with van der Waals surface area (Å²) in [4.78, 5) is 29.8. The van der Waals surface area contributed by atoms with Crippen LogP contribution in [0.5, 0.6) is 5.75 Å². The Morgan fingerprint density at radius 1 is 0.971 bits per heavy atom. The molecule has 1 heterocycles. The van der Waals surface area contributed by atoms with E-state index in [1.807, 2.05) is 85.2 Å². The third-order valence-electron chi connectivity index (χ3n) is 6.37. The summed E-state index contributed by atoms with van der Waals surface area (Å²) in [6, 6.07) is 24.2. The van der Waals surface area contributed by atoms with E-state index in [9.17, 15) is 9.59 Å². The van der Waals surface area contributed by atoms with Gasteiger partial charge in [0.1, 0.15) is 12.4 Å². The Bertz CT molecular complexity index is 1160. The van der Waals surface area contributed by atoms with Gasteiger partial charge >= 0.3 is 0 Å². The predicted molar refractivity (Wildman–Crippen MR) is 139 cm³/mol. The topological polar surface area (TPSA) is 49.9 Å². The summed E-state index contributed by atoms with van der Waals surface area (Å²) in [5.74, 6) is 0.909. The number of aryl methyl sites for hydroxylation is 2. The number of amides is 2. The number of nitrogens with zero attached hydrogens (tertiary/aromatic N) is 2. The molecule has 4 rings (SSSR count). The van der Waals surface area contributed by atoms with E-state index in [-0.39, 0.29) is 17.7 Å². The number of ether oxygens (including phenoxy) is 1. The minimum absolute atomic E-state index is 0.0813. The summed E-state index contributed by atoms with van der Waals surface area (Å²) in [5, 5.41) is 0. The second-order valence-electron chi connectivity index (χ2n) is 9.51. The molecule has 0 spiro atoms. The highest BCUT2D eigenvalue weighted by Crippen LogP contribution is 2.27. The van der Waals surface area contributed by atoms with E-state index in [0.717, 1.165) is 34.5 Å². The third-order valence-corrected chi connectivity index (χ3v) is 6.37. The molecule has 0 saturated heterocycles. The molecule has 0 radical (unpaired) electrons. The first-order valence-electron chi connectivity index (χ1n) is 12.3. The van der Waals surface area contributed by atoms with E-state index >= 15 is 0 Å². The molecule has 35 heavy (non-hydrogen) atoms. The van der Waals surface area contributed by atoms with Crippen LogP contribution in [0.4, 0.5) is 5.69 Å². The van der Waals surface area contributed by atoms with E-state index in [0.29, 0.717) is 32.7 Å². The first kappa shape index (κ1) is 24.5. The van der Waals surface area contributed by atoms with Gasteiger partial charge in [-0.05, 0) is 48.7 Å². The standard InChI is InChI=1S/C30H34N2O3/c1-22(2)30(34)32(27-13-9-23(3)10-14-27)20-25-11-15-28-26(19-25)21-31(17-18-35-28)29(33)16-12-24-7-5-4-6-8-24/h4-11,13-15,19,22H,12,16-18,20-21H2,1-3H3. The van der Waals surface area contributed by atoms with Gasteiger partial charge in [0.05, 0.1) is 13.1 Å². The second-order valence-corrected chi connectivity index (χ2v) is 9.51. The first-order valence-corrected chi connectivity index (χ1v) is 12.3. The molecule has 0 aliphatic carbocycles. The molecule has 0 aromatic heterocycles. The molecule has 1 aliphatic rings.